The quantitative estimate of drug-likeness (QED) is 0.605. The molecular formula is C25H34N6O2S. The summed E-state index contributed by atoms with van der Waals surface area (Å²) in [5.74, 6) is 2.43. The van der Waals surface area contributed by atoms with Gasteiger partial charge in [-0.05, 0) is 43.5 Å². The van der Waals surface area contributed by atoms with E-state index in [0.29, 0.717) is 11.1 Å². The fourth-order valence-corrected chi connectivity index (χ4v) is 5.22. The van der Waals surface area contributed by atoms with Crippen LogP contribution in [-0.4, -0.2) is 74.2 Å². The molecular weight excluding hydrogens is 448 g/mol. The van der Waals surface area contributed by atoms with E-state index in [2.05, 4.69) is 56.8 Å². The van der Waals surface area contributed by atoms with E-state index in [4.69, 9.17) is 31.7 Å². The molecule has 1 aromatic carbocycles. The number of hydrogen-bond acceptors (Lipinski definition) is 7. The molecule has 3 fully saturated rings. The Kier molecular flexibility index (Phi) is 7.42. The van der Waals surface area contributed by atoms with E-state index >= 15 is 0 Å². The molecule has 0 radical (unpaired) electrons. The van der Waals surface area contributed by atoms with Gasteiger partial charge in [0.25, 0.3) is 0 Å². The second kappa shape index (κ2) is 10.8. The smallest absolute Gasteiger partial charge is 0.232 e. The first-order valence-corrected chi connectivity index (χ1v) is 12.8. The lowest BCUT2D eigenvalue weighted by molar-refractivity contribution is 0.0515. The Morgan fingerprint density at radius 1 is 0.882 bits per heavy atom. The number of aromatic nitrogens is 2. The normalized spacial score (nSPS) is 20.2. The maximum absolute atomic E-state index is 5.70. The van der Waals surface area contributed by atoms with Crippen LogP contribution in [0.4, 0.5) is 17.6 Å². The maximum atomic E-state index is 5.70. The average molecular weight is 483 g/mol. The number of benzene rings is 1. The molecule has 182 valence electrons. The van der Waals surface area contributed by atoms with Crippen LogP contribution in [0.3, 0.4) is 0 Å². The van der Waals surface area contributed by atoms with Crippen molar-refractivity contribution in [2.24, 2.45) is 0 Å². The van der Waals surface area contributed by atoms with Crippen LogP contribution in [0.5, 0.6) is 0 Å². The maximum Gasteiger partial charge on any atom is 0.232 e. The summed E-state index contributed by atoms with van der Waals surface area (Å²) in [6.45, 7) is 7.44. The van der Waals surface area contributed by atoms with E-state index in [1.165, 1.54) is 18.4 Å². The third-order valence-corrected chi connectivity index (χ3v) is 7.36. The predicted molar refractivity (Wildman–Crippen MR) is 139 cm³/mol. The molecule has 0 aliphatic carbocycles. The Morgan fingerprint density at radius 3 is 2.18 bits per heavy atom. The molecule has 3 saturated heterocycles. The summed E-state index contributed by atoms with van der Waals surface area (Å²) in [6, 6.07) is 12.8. The van der Waals surface area contributed by atoms with Gasteiger partial charge in [-0.3, -0.25) is 0 Å². The highest BCUT2D eigenvalue weighted by Crippen LogP contribution is 2.34. The highest BCUT2D eigenvalue weighted by molar-refractivity contribution is 7.80. The van der Waals surface area contributed by atoms with Crippen LogP contribution in [0.1, 0.15) is 31.2 Å². The molecule has 0 amide bonds. The molecule has 3 aliphatic heterocycles. The number of morpholine rings is 1. The number of rotatable bonds is 6. The van der Waals surface area contributed by atoms with Crippen LogP contribution < -0.4 is 20.4 Å². The zero-order valence-electron chi connectivity index (χ0n) is 19.7. The molecule has 9 heteroatoms. The predicted octanol–water partition coefficient (Wildman–Crippen LogP) is 2.95. The van der Waals surface area contributed by atoms with Crippen LogP contribution in [0.2, 0.25) is 0 Å². The Bertz CT molecular complexity index is 957. The minimum Gasteiger partial charge on any atom is -0.381 e. The topological polar surface area (TPSA) is 74.8 Å². The largest absolute Gasteiger partial charge is 0.381 e. The van der Waals surface area contributed by atoms with Crippen molar-refractivity contribution in [3.63, 3.8) is 0 Å². The molecule has 0 atom stereocenters. The number of ether oxygens (including phenoxy) is 2. The molecule has 0 saturated carbocycles. The summed E-state index contributed by atoms with van der Waals surface area (Å²) in [5.41, 5.74) is 1.33. The Balaban J connectivity index is 1.30. The van der Waals surface area contributed by atoms with Crippen molar-refractivity contribution in [2.45, 2.75) is 31.1 Å². The van der Waals surface area contributed by atoms with Gasteiger partial charge in [-0.2, -0.15) is 9.97 Å². The van der Waals surface area contributed by atoms with Gasteiger partial charge < -0.3 is 29.9 Å². The highest BCUT2D eigenvalue weighted by atomic mass is 32.1. The summed E-state index contributed by atoms with van der Waals surface area (Å²) in [7, 11) is 0. The molecule has 0 unspecified atom stereocenters. The van der Waals surface area contributed by atoms with Gasteiger partial charge in [-0.15, -0.1) is 0 Å². The van der Waals surface area contributed by atoms with Crippen LogP contribution in [-0.2, 0) is 14.9 Å². The van der Waals surface area contributed by atoms with E-state index in [9.17, 15) is 0 Å². The molecule has 2 N–H and O–H groups in total. The van der Waals surface area contributed by atoms with Gasteiger partial charge in [0, 0.05) is 57.4 Å². The lowest BCUT2D eigenvalue weighted by atomic mass is 9.74. The number of nitrogens with zero attached hydrogens (tertiary/aromatic N) is 4. The summed E-state index contributed by atoms with van der Waals surface area (Å²) >= 11 is 5.70. The molecule has 34 heavy (non-hydrogen) atoms. The first-order valence-electron chi connectivity index (χ1n) is 12.4. The van der Waals surface area contributed by atoms with Crippen molar-refractivity contribution in [2.75, 3.05) is 74.3 Å². The second-order valence-corrected chi connectivity index (χ2v) is 9.68. The van der Waals surface area contributed by atoms with E-state index in [0.717, 1.165) is 83.6 Å². The standard InChI is InChI=1S/C25H34N6O2S/c34-24(26-19-25(8-14-32-15-9-25)20-6-2-1-3-7-20)29-23-27-21(30-10-4-5-11-30)18-22(28-23)31-12-16-33-17-13-31/h1-3,6-7,18H,4-5,8-17,19H2,(H2,26,27,28,29,34). The van der Waals surface area contributed by atoms with Gasteiger partial charge in [0.05, 0.1) is 13.2 Å². The monoisotopic (exact) mass is 482 g/mol. The van der Waals surface area contributed by atoms with Crippen LogP contribution in [0, 0.1) is 0 Å². The number of hydrogen-bond donors (Lipinski definition) is 2. The van der Waals surface area contributed by atoms with Gasteiger partial charge in [-0.1, -0.05) is 30.3 Å². The molecule has 5 rings (SSSR count). The molecule has 1 aromatic heterocycles. The van der Waals surface area contributed by atoms with E-state index in [-0.39, 0.29) is 5.41 Å². The van der Waals surface area contributed by atoms with E-state index in [1.54, 1.807) is 0 Å². The summed E-state index contributed by atoms with van der Waals surface area (Å²) in [6.07, 6.45) is 4.33. The Labute approximate surface area is 207 Å². The fourth-order valence-electron chi connectivity index (χ4n) is 5.06. The van der Waals surface area contributed by atoms with Crippen molar-refractivity contribution >= 4 is 34.9 Å². The van der Waals surface area contributed by atoms with Gasteiger partial charge in [0.15, 0.2) is 5.11 Å². The van der Waals surface area contributed by atoms with E-state index < -0.39 is 0 Å². The van der Waals surface area contributed by atoms with Gasteiger partial charge in [0.1, 0.15) is 11.6 Å². The van der Waals surface area contributed by atoms with Crippen molar-refractivity contribution in [3.8, 4) is 0 Å². The Hall–Kier alpha value is -2.49. The number of anilines is 3. The Morgan fingerprint density at radius 2 is 1.50 bits per heavy atom. The SMILES string of the molecule is S=C(NCC1(c2ccccc2)CCOCC1)Nc1nc(N2CCCC2)cc(N2CCOCC2)n1. The third-order valence-electron chi connectivity index (χ3n) is 7.11. The molecule has 4 heterocycles. The summed E-state index contributed by atoms with van der Waals surface area (Å²) in [4.78, 5) is 14.2. The van der Waals surface area contributed by atoms with Gasteiger partial charge in [-0.25, -0.2) is 0 Å². The molecule has 3 aliphatic rings. The number of nitrogens with one attached hydrogen (secondary N) is 2. The van der Waals surface area contributed by atoms with Crippen molar-refractivity contribution < 1.29 is 9.47 Å². The van der Waals surface area contributed by atoms with Crippen molar-refractivity contribution in [3.05, 3.63) is 42.0 Å². The zero-order chi connectivity index (χ0) is 23.2. The fraction of sp³-hybridized carbons (Fsp3) is 0.560. The zero-order valence-corrected chi connectivity index (χ0v) is 20.5. The molecule has 2 aromatic rings. The summed E-state index contributed by atoms with van der Waals surface area (Å²) < 4.78 is 11.2. The lowest BCUT2D eigenvalue weighted by Gasteiger charge is -2.38. The minimum absolute atomic E-state index is 0.00245. The van der Waals surface area contributed by atoms with Gasteiger partial charge in [0.2, 0.25) is 5.95 Å². The van der Waals surface area contributed by atoms with Crippen LogP contribution in [0.25, 0.3) is 0 Å². The average Bonchev–Trinajstić information content (AvgIpc) is 3.44. The molecule has 0 bridgehead atoms. The van der Waals surface area contributed by atoms with Crippen LogP contribution in [0.15, 0.2) is 36.4 Å². The molecule has 8 nitrogen and oxygen atoms in total. The third kappa shape index (κ3) is 5.42. The first-order chi connectivity index (χ1) is 16.7. The highest BCUT2D eigenvalue weighted by Gasteiger charge is 2.34. The van der Waals surface area contributed by atoms with Crippen molar-refractivity contribution in [1.29, 1.82) is 0 Å². The lowest BCUT2D eigenvalue weighted by Crippen LogP contribution is -2.45. The van der Waals surface area contributed by atoms with Crippen molar-refractivity contribution in [1.82, 2.24) is 15.3 Å². The minimum atomic E-state index is 0.00245. The second-order valence-electron chi connectivity index (χ2n) is 9.27. The van der Waals surface area contributed by atoms with Gasteiger partial charge >= 0.3 is 0 Å². The van der Waals surface area contributed by atoms with Crippen LogP contribution >= 0.6 is 12.2 Å². The molecule has 0 spiro atoms. The van der Waals surface area contributed by atoms with E-state index in [1.807, 2.05) is 0 Å². The number of thiocarbonyl (C=S) groups is 1. The summed E-state index contributed by atoms with van der Waals surface area (Å²) in [5, 5.41) is 7.29. The first kappa shape index (κ1) is 23.3.